The predicted molar refractivity (Wildman–Crippen MR) is 62.1 cm³/mol. The molecule has 5 nitrogen and oxygen atoms in total. The number of hydrogen-bond donors (Lipinski definition) is 2. The molecule has 16 heavy (non-hydrogen) atoms. The van der Waals surface area contributed by atoms with Crippen molar-refractivity contribution in [2.45, 2.75) is 0 Å². The fraction of sp³-hybridized carbons (Fsp3) is 0.444. The van der Waals surface area contributed by atoms with E-state index in [1.54, 1.807) is 6.07 Å². The van der Waals surface area contributed by atoms with E-state index in [0.29, 0.717) is 23.8 Å². The molecule has 0 unspecified atom stereocenters. The molecule has 86 valence electrons. The van der Waals surface area contributed by atoms with Crippen LogP contribution in [-0.2, 0) is 4.74 Å². The zero-order valence-corrected chi connectivity index (χ0v) is 9.39. The maximum atomic E-state index is 9.07. The summed E-state index contributed by atoms with van der Waals surface area (Å²) in [5, 5.41) is 18.5. The molecule has 0 atom stereocenters. The first kappa shape index (κ1) is 11.7. The van der Waals surface area contributed by atoms with Crippen molar-refractivity contribution in [2.75, 3.05) is 31.2 Å². The molecule has 0 amide bonds. The van der Waals surface area contributed by atoms with Gasteiger partial charge in [-0.3, -0.25) is 0 Å². The molecule has 0 bridgehead atoms. The number of ether oxygens (including phenoxy) is 1. The second-order valence-electron chi connectivity index (χ2n) is 3.55. The summed E-state index contributed by atoms with van der Waals surface area (Å²) in [5.41, 5.74) is 1.06. The summed E-state index contributed by atoms with van der Waals surface area (Å²) in [6, 6.07) is 1.64. The summed E-state index contributed by atoms with van der Waals surface area (Å²) in [5.74, 6) is 0. The fourth-order valence-corrected chi connectivity index (χ4v) is 1.84. The minimum atomic E-state index is -1.52. The van der Waals surface area contributed by atoms with Crippen molar-refractivity contribution in [1.82, 2.24) is 4.98 Å². The monoisotopic (exact) mass is 242 g/mol. The molecule has 1 aromatic heterocycles. The second kappa shape index (κ2) is 5.01. The Bertz CT molecular complexity index is 372. The van der Waals surface area contributed by atoms with Gasteiger partial charge in [0.25, 0.3) is 0 Å². The van der Waals surface area contributed by atoms with Gasteiger partial charge < -0.3 is 19.7 Å². The summed E-state index contributed by atoms with van der Waals surface area (Å²) < 4.78 is 5.23. The van der Waals surface area contributed by atoms with Gasteiger partial charge in [0.1, 0.15) is 0 Å². The van der Waals surface area contributed by atoms with E-state index in [4.69, 9.17) is 26.4 Å². The topological polar surface area (TPSA) is 65.8 Å². The Balaban J connectivity index is 2.27. The molecule has 1 aromatic rings. The molecule has 2 heterocycles. The average molecular weight is 242 g/mol. The van der Waals surface area contributed by atoms with Crippen molar-refractivity contribution in [3.05, 3.63) is 17.4 Å². The molecular weight excluding hydrogens is 230 g/mol. The van der Waals surface area contributed by atoms with Gasteiger partial charge in [-0.1, -0.05) is 11.6 Å². The van der Waals surface area contributed by atoms with Gasteiger partial charge >= 0.3 is 7.12 Å². The summed E-state index contributed by atoms with van der Waals surface area (Å²) >= 11 is 5.98. The number of nitrogens with zero attached hydrogens (tertiary/aromatic N) is 2. The standard InChI is InChI=1S/C9H12BClN2O3/c11-9-8(13-1-3-16-4-2-13)5-7(6-12-9)10(14)15/h5-6,14-15H,1-4H2. The molecule has 7 heteroatoms. The maximum absolute atomic E-state index is 9.07. The van der Waals surface area contributed by atoms with Crippen molar-refractivity contribution < 1.29 is 14.8 Å². The lowest BCUT2D eigenvalue weighted by molar-refractivity contribution is 0.122. The van der Waals surface area contributed by atoms with E-state index in [-0.39, 0.29) is 0 Å². The summed E-state index contributed by atoms with van der Waals surface area (Å²) in [7, 11) is -1.52. The summed E-state index contributed by atoms with van der Waals surface area (Å²) in [4.78, 5) is 5.96. The zero-order valence-electron chi connectivity index (χ0n) is 8.64. The number of morpholine rings is 1. The highest BCUT2D eigenvalue weighted by molar-refractivity contribution is 6.58. The van der Waals surface area contributed by atoms with Crippen LogP contribution in [0.1, 0.15) is 0 Å². The first-order valence-corrected chi connectivity index (χ1v) is 5.40. The predicted octanol–water partition coefficient (Wildman–Crippen LogP) is -0.749. The molecule has 1 fully saturated rings. The fourth-order valence-electron chi connectivity index (χ4n) is 1.62. The Hall–Kier alpha value is -0.815. The van der Waals surface area contributed by atoms with Gasteiger partial charge in [-0.2, -0.15) is 0 Å². The molecule has 0 saturated carbocycles. The summed E-state index contributed by atoms with van der Waals surface area (Å²) in [6.07, 6.45) is 1.36. The maximum Gasteiger partial charge on any atom is 0.490 e. The highest BCUT2D eigenvalue weighted by Gasteiger charge is 2.19. The molecule has 2 N–H and O–H groups in total. The van der Waals surface area contributed by atoms with Crippen LogP contribution in [0.3, 0.4) is 0 Å². The average Bonchev–Trinajstić information content (AvgIpc) is 2.30. The normalized spacial score (nSPS) is 16.3. The third-order valence-electron chi connectivity index (χ3n) is 2.49. The third-order valence-corrected chi connectivity index (χ3v) is 2.78. The molecule has 2 rings (SSSR count). The molecule has 0 radical (unpaired) electrons. The van der Waals surface area contributed by atoms with Crippen LogP contribution in [0.15, 0.2) is 12.3 Å². The van der Waals surface area contributed by atoms with Crippen LogP contribution in [0.2, 0.25) is 5.15 Å². The van der Waals surface area contributed by atoms with Gasteiger partial charge in [0.15, 0.2) is 5.15 Å². The van der Waals surface area contributed by atoms with Crippen LogP contribution in [0, 0.1) is 0 Å². The van der Waals surface area contributed by atoms with Crippen LogP contribution in [0.5, 0.6) is 0 Å². The highest BCUT2D eigenvalue weighted by Crippen LogP contribution is 2.22. The minimum absolute atomic E-state index is 0.339. The first-order valence-electron chi connectivity index (χ1n) is 5.03. The molecule has 1 saturated heterocycles. The Labute approximate surface area is 98.8 Å². The Kier molecular flexibility index (Phi) is 3.65. The Morgan fingerprint density at radius 3 is 2.69 bits per heavy atom. The lowest BCUT2D eigenvalue weighted by Crippen LogP contribution is -2.38. The number of hydrogen-bond acceptors (Lipinski definition) is 5. The smallest absolute Gasteiger partial charge is 0.423 e. The third kappa shape index (κ3) is 2.46. The van der Waals surface area contributed by atoms with Gasteiger partial charge in [-0.15, -0.1) is 0 Å². The van der Waals surface area contributed by atoms with Gasteiger partial charge in [-0.05, 0) is 6.07 Å². The lowest BCUT2D eigenvalue weighted by Gasteiger charge is -2.29. The largest absolute Gasteiger partial charge is 0.490 e. The van der Waals surface area contributed by atoms with Gasteiger partial charge in [0.2, 0.25) is 0 Å². The summed E-state index contributed by atoms with van der Waals surface area (Å²) in [6.45, 7) is 2.74. The van der Waals surface area contributed by atoms with Crippen molar-refractivity contribution in [3.63, 3.8) is 0 Å². The number of halogens is 1. The van der Waals surface area contributed by atoms with E-state index in [2.05, 4.69) is 4.98 Å². The van der Waals surface area contributed by atoms with E-state index >= 15 is 0 Å². The molecule has 0 aliphatic carbocycles. The first-order chi connectivity index (χ1) is 7.68. The van der Waals surface area contributed by atoms with Crippen molar-refractivity contribution in [2.24, 2.45) is 0 Å². The van der Waals surface area contributed by atoms with E-state index in [9.17, 15) is 0 Å². The highest BCUT2D eigenvalue weighted by atomic mass is 35.5. The SMILES string of the molecule is OB(O)c1cnc(Cl)c(N2CCOCC2)c1. The van der Waals surface area contributed by atoms with Gasteiger partial charge in [0.05, 0.1) is 18.9 Å². The van der Waals surface area contributed by atoms with Gasteiger partial charge in [0, 0.05) is 24.7 Å². The van der Waals surface area contributed by atoms with E-state index in [0.717, 1.165) is 18.8 Å². The van der Waals surface area contributed by atoms with Crippen LogP contribution in [0.4, 0.5) is 5.69 Å². The lowest BCUT2D eigenvalue weighted by atomic mass is 9.81. The molecule has 0 spiro atoms. The minimum Gasteiger partial charge on any atom is -0.423 e. The quantitative estimate of drug-likeness (QED) is 0.528. The number of anilines is 1. The Morgan fingerprint density at radius 2 is 2.06 bits per heavy atom. The molecular formula is C9H12BClN2O3. The molecule has 1 aliphatic heterocycles. The second-order valence-corrected chi connectivity index (χ2v) is 3.91. The van der Waals surface area contributed by atoms with E-state index in [1.807, 2.05) is 4.90 Å². The van der Waals surface area contributed by atoms with E-state index in [1.165, 1.54) is 6.20 Å². The van der Waals surface area contributed by atoms with Crippen LogP contribution in [-0.4, -0.2) is 48.5 Å². The van der Waals surface area contributed by atoms with Crippen LogP contribution >= 0.6 is 11.6 Å². The number of pyridine rings is 1. The van der Waals surface area contributed by atoms with Crippen molar-refractivity contribution >= 4 is 29.9 Å². The van der Waals surface area contributed by atoms with Crippen molar-refractivity contribution in [1.29, 1.82) is 0 Å². The van der Waals surface area contributed by atoms with Crippen molar-refractivity contribution in [3.8, 4) is 0 Å². The number of rotatable bonds is 2. The molecule has 1 aliphatic rings. The van der Waals surface area contributed by atoms with Gasteiger partial charge in [-0.25, -0.2) is 4.98 Å². The zero-order chi connectivity index (χ0) is 11.5. The van der Waals surface area contributed by atoms with Crippen LogP contribution in [0.25, 0.3) is 0 Å². The van der Waals surface area contributed by atoms with Crippen LogP contribution < -0.4 is 10.4 Å². The molecule has 0 aromatic carbocycles. The Morgan fingerprint density at radius 1 is 1.38 bits per heavy atom. The van der Waals surface area contributed by atoms with E-state index < -0.39 is 7.12 Å². The number of aromatic nitrogens is 1.